The second-order valence-corrected chi connectivity index (χ2v) is 7.25. The summed E-state index contributed by atoms with van der Waals surface area (Å²) in [5.41, 5.74) is 1.19. The minimum Gasteiger partial charge on any atom is -0.306 e. The van der Waals surface area contributed by atoms with E-state index in [9.17, 15) is 4.39 Å². The zero-order valence-corrected chi connectivity index (χ0v) is 12.8. The molecule has 1 saturated heterocycles. The summed E-state index contributed by atoms with van der Waals surface area (Å²) >= 11 is 2.06. The van der Waals surface area contributed by atoms with Crippen LogP contribution in [0.25, 0.3) is 0 Å². The molecule has 1 fully saturated rings. The molecule has 106 valence electrons. The highest BCUT2D eigenvalue weighted by atomic mass is 32.2. The molecule has 0 radical (unpaired) electrons. The molecular formula is C16H24FNS. The van der Waals surface area contributed by atoms with Crippen LogP contribution in [-0.2, 0) is 0 Å². The highest BCUT2D eigenvalue weighted by Gasteiger charge is 2.26. The average Bonchev–Trinajstić information content (AvgIpc) is 2.39. The molecule has 19 heavy (non-hydrogen) atoms. The van der Waals surface area contributed by atoms with Crippen LogP contribution >= 0.6 is 11.8 Å². The number of nitrogens with one attached hydrogen (secondary N) is 1. The zero-order valence-electron chi connectivity index (χ0n) is 12.0. The standard InChI is InChI=1S/C16H24FNS/c1-11(2)16(13-6-8-14(17)9-7-13)18-15-5-4-10-19-12(15)3/h6-9,11-12,15-16,18H,4-5,10H2,1-3H3. The molecule has 0 saturated carbocycles. The van der Waals surface area contributed by atoms with E-state index in [0.717, 1.165) is 0 Å². The Bertz CT molecular complexity index is 390. The number of hydrogen-bond donors (Lipinski definition) is 1. The molecule has 1 heterocycles. The molecule has 1 aliphatic rings. The van der Waals surface area contributed by atoms with E-state index in [4.69, 9.17) is 0 Å². The molecule has 0 amide bonds. The molecule has 3 unspecified atom stereocenters. The van der Waals surface area contributed by atoms with Gasteiger partial charge in [0.2, 0.25) is 0 Å². The predicted octanol–water partition coefficient (Wildman–Crippen LogP) is 4.40. The Balaban J connectivity index is 2.09. The summed E-state index contributed by atoms with van der Waals surface area (Å²) in [7, 11) is 0. The molecule has 0 spiro atoms. The van der Waals surface area contributed by atoms with Gasteiger partial charge in [0.15, 0.2) is 0 Å². The Labute approximate surface area is 120 Å². The van der Waals surface area contributed by atoms with Crippen molar-refractivity contribution in [3.8, 4) is 0 Å². The smallest absolute Gasteiger partial charge is 0.123 e. The van der Waals surface area contributed by atoms with Crippen LogP contribution in [0, 0.1) is 11.7 Å². The lowest BCUT2D eigenvalue weighted by Crippen LogP contribution is -2.42. The lowest BCUT2D eigenvalue weighted by atomic mass is 9.94. The van der Waals surface area contributed by atoms with Crippen molar-refractivity contribution in [3.63, 3.8) is 0 Å². The number of benzene rings is 1. The summed E-state index contributed by atoms with van der Waals surface area (Å²) in [5.74, 6) is 1.62. The molecule has 1 aromatic rings. The van der Waals surface area contributed by atoms with Crippen molar-refractivity contribution in [2.45, 2.75) is 50.9 Å². The van der Waals surface area contributed by atoms with Gasteiger partial charge in [0.1, 0.15) is 5.82 Å². The van der Waals surface area contributed by atoms with Gasteiger partial charge in [0.25, 0.3) is 0 Å². The molecule has 1 aromatic carbocycles. The third-order valence-electron chi connectivity index (χ3n) is 3.90. The van der Waals surface area contributed by atoms with Crippen LogP contribution in [0.5, 0.6) is 0 Å². The van der Waals surface area contributed by atoms with Crippen LogP contribution in [0.3, 0.4) is 0 Å². The van der Waals surface area contributed by atoms with E-state index in [2.05, 4.69) is 37.8 Å². The fourth-order valence-corrected chi connectivity index (χ4v) is 3.87. The van der Waals surface area contributed by atoms with Gasteiger partial charge >= 0.3 is 0 Å². The van der Waals surface area contributed by atoms with Crippen LogP contribution in [0.15, 0.2) is 24.3 Å². The summed E-state index contributed by atoms with van der Waals surface area (Å²) in [6.45, 7) is 6.76. The molecule has 0 bridgehead atoms. The van der Waals surface area contributed by atoms with Gasteiger partial charge in [-0.3, -0.25) is 0 Å². The summed E-state index contributed by atoms with van der Waals surface area (Å²) in [5, 5.41) is 4.46. The lowest BCUT2D eigenvalue weighted by Gasteiger charge is -2.34. The molecule has 2 rings (SSSR count). The van der Waals surface area contributed by atoms with Crippen molar-refractivity contribution in [3.05, 3.63) is 35.6 Å². The number of thioether (sulfide) groups is 1. The first-order valence-corrected chi connectivity index (χ1v) is 8.26. The molecule has 3 atom stereocenters. The Morgan fingerprint density at radius 1 is 1.26 bits per heavy atom. The summed E-state index contributed by atoms with van der Waals surface area (Å²) < 4.78 is 13.0. The van der Waals surface area contributed by atoms with Gasteiger partial charge in [-0.15, -0.1) is 0 Å². The Hall–Kier alpha value is -0.540. The van der Waals surface area contributed by atoms with Gasteiger partial charge in [0, 0.05) is 17.3 Å². The van der Waals surface area contributed by atoms with Crippen LogP contribution in [0.4, 0.5) is 4.39 Å². The summed E-state index contributed by atoms with van der Waals surface area (Å²) in [6.07, 6.45) is 2.54. The quantitative estimate of drug-likeness (QED) is 0.878. The van der Waals surface area contributed by atoms with Crippen molar-refractivity contribution in [1.82, 2.24) is 5.32 Å². The van der Waals surface area contributed by atoms with Gasteiger partial charge in [-0.2, -0.15) is 11.8 Å². The minimum atomic E-state index is -0.159. The van der Waals surface area contributed by atoms with Gasteiger partial charge in [0.05, 0.1) is 0 Å². The van der Waals surface area contributed by atoms with Gasteiger partial charge in [-0.05, 0) is 42.2 Å². The Kier molecular flexibility index (Phi) is 5.28. The second kappa shape index (κ2) is 6.76. The predicted molar refractivity (Wildman–Crippen MR) is 82.1 cm³/mol. The van der Waals surface area contributed by atoms with Gasteiger partial charge in [-0.25, -0.2) is 4.39 Å². The largest absolute Gasteiger partial charge is 0.306 e. The van der Waals surface area contributed by atoms with E-state index >= 15 is 0 Å². The third-order valence-corrected chi connectivity index (χ3v) is 5.27. The second-order valence-electron chi connectivity index (χ2n) is 5.76. The van der Waals surface area contributed by atoms with Gasteiger partial charge in [-0.1, -0.05) is 32.9 Å². The molecule has 1 aliphatic heterocycles. The van der Waals surface area contributed by atoms with Crippen molar-refractivity contribution >= 4 is 11.8 Å². The Morgan fingerprint density at radius 2 is 1.95 bits per heavy atom. The molecule has 1 nitrogen and oxygen atoms in total. The fourth-order valence-electron chi connectivity index (χ4n) is 2.72. The average molecular weight is 281 g/mol. The molecular weight excluding hydrogens is 257 g/mol. The van der Waals surface area contributed by atoms with E-state index in [1.165, 1.54) is 24.2 Å². The van der Waals surface area contributed by atoms with Crippen LogP contribution in [0.1, 0.15) is 45.2 Å². The van der Waals surface area contributed by atoms with Crippen LogP contribution in [-0.4, -0.2) is 17.0 Å². The van der Waals surface area contributed by atoms with Crippen molar-refractivity contribution in [2.24, 2.45) is 5.92 Å². The first-order valence-electron chi connectivity index (χ1n) is 7.21. The topological polar surface area (TPSA) is 12.0 Å². The lowest BCUT2D eigenvalue weighted by molar-refractivity contribution is 0.339. The van der Waals surface area contributed by atoms with E-state index < -0.39 is 0 Å². The van der Waals surface area contributed by atoms with Crippen molar-refractivity contribution in [1.29, 1.82) is 0 Å². The normalized spacial score (nSPS) is 25.5. The maximum atomic E-state index is 13.0. The minimum absolute atomic E-state index is 0.159. The number of hydrogen-bond acceptors (Lipinski definition) is 2. The molecule has 3 heteroatoms. The maximum Gasteiger partial charge on any atom is 0.123 e. The first-order chi connectivity index (χ1) is 9.08. The van der Waals surface area contributed by atoms with E-state index in [0.29, 0.717) is 23.3 Å². The zero-order chi connectivity index (χ0) is 13.8. The monoisotopic (exact) mass is 281 g/mol. The molecule has 1 N–H and O–H groups in total. The SMILES string of the molecule is CC(C)C(NC1CCCSC1C)c1ccc(F)cc1. The highest BCUT2D eigenvalue weighted by Crippen LogP contribution is 2.29. The summed E-state index contributed by atoms with van der Waals surface area (Å²) in [6, 6.07) is 7.82. The van der Waals surface area contributed by atoms with Crippen molar-refractivity contribution in [2.75, 3.05) is 5.75 Å². The van der Waals surface area contributed by atoms with Crippen LogP contribution in [0.2, 0.25) is 0 Å². The number of halogens is 1. The molecule has 0 aliphatic carbocycles. The molecule has 0 aromatic heterocycles. The fraction of sp³-hybridized carbons (Fsp3) is 0.625. The Morgan fingerprint density at radius 3 is 2.53 bits per heavy atom. The van der Waals surface area contributed by atoms with E-state index in [1.54, 1.807) is 12.1 Å². The van der Waals surface area contributed by atoms with E-state index in [-0.39, 0.29) is 5.82 Å². The third kappa shape index (κ3) is 3.96. The number of rotatable bonds is 4. The maximum absolute atomic E-state index is 13.0. The van der Waals surface area contributed by atoms with Crippen molar-refractivity contribution < 1.29 is 4.39 Å². The first kappa shape index (κ1) is 14.9. The highest BCUT2D eigenvalue weighted by molar-refractivity contribution is 7.99. The van der Waals surface area contributed by atoms with Crippen LogP contribution < -0.4 is 5.32 Å². The van der Waals surface area contributed by atoms with E-state index in [1.807, 2.05) is 12.1 Å². The van der Waals surface area contributed by atoms with Gasteiger partial charge < -0.3 is 5.32 Å². The summed E-state index contributed by atoms with van der Waals surface area (Å²) in [4.78, 5) is 0.